The van der Waals surface area contributed by atoms with Gasteiger partial charge in [0.15, 0.2) is 0 Å². The Kier molecular flexibility index (Phi) is 3.59. The smallest absolute Gasteiger partial charge is 0.243 e. The normalized spacial score (nSPS) is 13.2. The monoisotopic (exact) mass is 251 g/mol. The maximum Gasteiger partial charge on any atom is 0.243 e. The molecular weight excluding hydrogens is 234 g/mol. The van der Waals surface area contributed by atoms with Crippen molar-refractivity contribution in [1.82, 2.24) is 10.1 Å². The Hall–Kier alpha value is -1.20. The Morgan fingerprint density at radius 2 is 2.18 bits per heavy atom. The summed E-state index contributed by atoms with van der Waals surface area (Å²) in [7, 11) is 0. The lowest BCUT2D eigenvalue weighted by Gasteiger charge is -2.08. The number of nitrogens with zero attached hydrogens (tertiary/aromatic N) is 2. The minimum absolute atomic E-state index is 0.171. The summed E-state index contributed by atoms with van der Waals surface area (Å²) in [4.78, 5) is 4.37. The second-order valence-electron chi connectivity index (χ2n) is 4.66. The molecule has 0 aliphatic rings. The third-order valence-corrected chi connectivity index (χ3v) is 3.44. The summed E-state index contributed by atoms with van der Waals surface area (Å²) in [5.41, 5.74) is 8.20. The highest BCUT2D eigenvalue weighted by molar-refractivity contribution is 7.08. The zero-order chi connectivity index (χ0) is 12.4. The molecule has 0 fully saturated rings. The van der Waals surface area contributed by atoms with Gasteiger partial charge in [-0.05, 0) is 30.2 Å². The second kappa shape index (κ2) is 4.98. The average Bonchev–Trinajstić information content (AvgIpc) is 2.84. The average molecular weight is 251 g/mol. The number of rotatable bonds is 4. The molecule has 0 aliphatic carbocycles. The molecule has 0 aliphatic heterocycles. The van der Waals surface area contributed by atoms with Gasteiger partial charge in [0.25, 0.3) is 0 Å². The number of aromatic nitrogens is 2. The molecule has 0 amide bonds. The van der Waals surface area contributed by atoms with Crippen LogP contribution in [0.5, 0.6) is 0 Å². The van der Waals surface area contributed by atoms with Crippen molar-refractivity contribution in [3.8, 4) is 11.4 Å². The molecule has 0 unspecified atom stereocenters. The van der Waals surface area contributed by atoms with Crippen molar-refractivity contribution < 1.29 is 4.52 Å². The van der Waals surface area contributed by atoms with E-state index in [0.717, 1.165) is 12.0 Å². The molecule has 2 aromatic heterocycles. The van der Waals surface area contributed by atoms with Gasteiger partial charge < -0.3 is 10.3 Å². The van der Waals surface area contributed by atoms with Gasteiger partial charge in [-0.25, -0.2) is 0 Å². The predicted octanol–water partition coefficient (Wildman–Crippen LogP) is 3.15. The van der Waals surface area contributed by atoms with Crippen LogP contribution in [0.1, 0.15) is 37.8 Å². The van der Waals surface area contributed by atoms with Crippen molar-refractivity contribution in [1.29, 1.82) is 0 Å². The maximum absolute atomic E-state index is 6.01. The van der Waals surface area contributed by atoms with Crippen LogP contribution in [-0.2, 0) is 0 Å². The topological polar surface area (TPSA) is 64.9 Å². The van der Waals surface area contributed by atoms with E-state index in [4.69, 9.17) is 10.3 Å². The lowest BCUT2D eigenvalue weighted by Crippen LogP contribution is -2.13. The van der Waals surface area contributed by atoms with Crippen LogP contribution in [0.25, 0.3) is 11.4 Å². The van der Waals surface area contributed by atoms with E-state index >= 15 is 0 Å². The van der Waals surface area contributed by atoms with Crippen LogP contribution in [-0.4, -0.2) is 10.1 Å². The highest BCUT2D eigenvalue weighted by Gasteiger charge is 2.17. The zero-order valence-electron chi connectivity index (χ0n) is 10.3. The molecular formula is C12H17N3OS. The molecule has 2 heterocycles. The fraction of sp³-hybridized carbons (Fsp3) is 0.500. The summed E-state index contributed by atoms with van der Waals surface area (Å²) in [6.45, 7) is 6.29. The van der Waals surface area contributed by atoms with Crippen LogP contribution in [0.2, 0.25) is 0 Å². The Labute approximate surface area is 105 Å². The lowest BCUT2D eigenvalue weighted by molar-refractivity contribution is 0.335. The fourth-order valence-corrected chi connectivity index (χ4v) is 2.52. The summed E-state index contributed by atoms with van der Waals surface area (Å²) in [5, 5.41) is 8.08. The number of thiophene rings is 1. The van der Waals surface area contributed by atoms with Crippen LogP contribution in [0, 0.1) is 12.8 Å². The maximum atomic E-state index is 6.01. The second-order valence-corrected chi connectivity index (χ2v) is 5.40. The first-order valence-corrected chi connectivity index (χ1v) is 6.64. The van der Waals surface area contributed by atoms with Gasteiger partial charge in [0.1, 0.15) is 0 Å². The van der Waals surface area contributed by atoms with Gasteiger partial charge in [-0.2, -0.15) is 16.3 Å². The van der Waals surface area contributed by atoms with Crippen LogP contribution in [0.15, 0.2) is 15.3 Å². The molecule has 17 heavy (non-hydrogen) atoms. The van der Waals surface area contributed by atoms with Crippen LogP contribution in [0.3, 0.4) is 0 Å². The van der Waals surface area contributed by atoms with Gasteiger partial charge in [0.05, 0.1) is 6.04 Å². The third-order valence-electron chi connectivity index (χ3n) is 2.58. The van der Waals surface area contributed by atoms with E-state index in [9.17, 15) is 0 Å². The molecule has 4 nitrogen and oxygen atoms in total. The van der Waals surface area contributed by atoms with Crippen molar-refractivity contribution in [3.05, 3.63) is 22.2 Å². The van der Waals surface area contributed by atoms with Gasteiger partial charge in [-0.1, -0.05) is 19.0 Å². The predicted molar refractivity (Wildman–Crippen MR) is 68.7 cm³/mol. The zero-order valence-corrected chi connectivity index (χ0v) is 11.1. The summed E-state index contributed by atoms with van der Waals surface area (Å²) in [6.07, 6.45) is 0.851. The van der Waals surface area contributed by atoms with Gasteiger partial charge in [-0.3, -0.25) is 0 Å². The number of hydrogen-bond acceptors (Lipinski definition) is 5. The van der Waals surface area contributed by atoms with Crippen molar-refractivity contribution in [2.45, 2.75) is 33.2 Å². The molecule has 2 N–H and O–H groups in total. The van der Waals surface area contributed by atoms with E-state index in [1.807, 2.05) is 12.3 Å². The van der Waals surface area contributed by atoms with Crippen LogP contribution in [0.4, 0.5) is 0 Å². The van der Waals surface area contributed by atoms with E-state index in [0.29, 0.717) is 17.6 Å². The van der Waals surface area contributed by atoms with Gasteiger partial charge in [0.2, 0.25) is 11.7 Å². The van der Waals surface area contributed by atoms with Gasteiger partial charge >= 0.3 is 0 Å². The SMILES string of the molecule is Cc1cscc1-c1noc([C@H](N)CC(C)C)n1. The Morgan fingerprint density at radius 3 is 2.76 bits per heavy atom. The fourth-order valence-electron chi connectivity index (χ4n) is 1.69. The first-order chi connectivity index (χ1) is 8.08. The minimum Gasteiger partial charge on any atom is -0.337 e. The van der Waals surface area contributed by atoms with Crippen molar-refractivity contribution >= 4 is 11.3 Å². The quantitative estimate of drug-likeness (QED) is 0.906. The summed E-state index contributed by atoms with van der Waals surface area (Å²) < 4.78 is 5.22. The molecule has 0 bridgehead atoms. The number of nitrogens with two attached hydrogens (primary N) is 1. The first kappa shape index (κ1) is 12.3. The van der Waals surface area contributed by atoms with E-state index in [1.165, 1.54) is 5.56 Å². The number of aryl methyl sites for hydroxylation is 1. The molecule has 0 radical (unpaired) electrons. The van der Waals surface area contributed by atoms with E-state index in [2.05, 4.69) is 29.4 Å². The highest BCUT2D eigenvalue weighted by Crippen LogP contribution is 2.26. The van der Waals surface area contributed by atoms with E-state index < -0.39 is 0 Å². The largest absolute Gasteiger partial charge is 0.337 e. The van der Waals surface area contributed by atoms with E-state index in [-0.39, 0.29) is 6.04 Å². The summed E-state index contributed by atoms with van der Waals surface area (Å²) in [6, 6.07) is -0.171. The highest BCUT2D eigenvalue weighted by atomic mass is 32.1. The Balaban J connectivity index is 2.19. The number of hydrogen-bond donors (Lipinski definition) is 1. The molecule has 2 rings (SSSR count). The summed E-state index contributed by atoms with van der Waals surface area (Å²) >= 11 is 1.64. The Morgan fingerprint density at radius 1 is 1.41 bits per heavy atom. The van der Waals surface area contributed by atoms with Crippen molar-refractivity contribution in [2.24, 2.45) is 11.7 Å². The van der Waals surface area contributed by atoms with Crippen molar-refractivity contribution in [3.63, 3.8) is 0 Å². The Bertz CT molecular complexity index is 489. The molecule has 92 valence electrons. The van der Waals surface area contributed by atoms with Crippen LogP contribution < -0.4 is 5.73 Å². The van der Waals surface area contributed by atoms with Crippen molar-refractivity contribution in [2.75, 3.05) is 0 Å². The minimum atomic E-state index is -0.171. The molecule has 0 aromatic carbocycles. The molecule has 0 saturated heterocycles. The van der Waals surface area contributed by atoms with Gasteiger partial charge in [-0.15, -0.1) is 0 Å². The molecule has 5 heteroatoms. The van der Waals surface area contributed by atoms with Gasteiger partial charge in [0, 0.05) is 10.9 Å². The third kappa shape index (κ3) is 2.73. The summed E-state index contributed by atoms with van der Waals surface area (Å²) in [5.74, 6) is 1.68. The molecule has 2 aromatic rings. The lowest BCUT2D eigenvalue weighted by atomic mass is 10.0. The first-order valence-electron chi connectivity index (χ1n) is 5.70. The molecule has 0 spiro atoms. The molecule has 0 saturated carbocycles. The standard InChI is InChI=1S/C12H17N3OS/c1-7(2)4-10(13)12-14-11(15-16-12)9-6-17-5-8(9)3/h5-7,10H,4,13H2,1-3H3/t10-/m1/s1. The van der Waals surface area contributed by atoms with E-state index in [1.54, 1.807) is 11.3 Å². The molecule has 1 atom stereocenters. The van der Waals surface area contributed by atoms with Crippen LogP contribution >= 0.6 is 11.3 Å².